The first-order chi connectivity index (χ1) is 8.33. The molecule has 0 aliphatic heterocycles. The van der Waals surface area contributed by atoms with Crippen molar-refractivity contribution in [1.82, 2.24) is 10.2 Å². The molecule has 1 heterocycles. The Kier molecular flexibility index (Phi) is 4.12. The summed E-state index contributed by atoms with van der Waals surface area (Å²) < 4.78 is 4.99. The van der Waals surface area contributed by atoms with E-state index in [1.165, 1.54) is 0 Å². The van der Waals surface area contributed by atoms with Crippen LogP contribution in [0.25, 0.3) is 10.8 Å². The normalized spacial score (nSPS) is 10.7. The number of nitrogens with zero attached hydrogens (tertiary/aromatic N) is 2. The van der Waals surface area contributed by atoms with Gasteiger partial charge in [-0.1, -0.05) is 35.9 Å². The zero-order valence-electron chi connectivity index (χ0n) is 9.61. The van der Waals surface area contributed by atoms with Gasteiger partial charge in [0.05, 0.1) is 0 Å². The van der Waals surface area contributed by atoms with Gasteiger partial charge in [0.2, 0.25) is 0 Å². The zero-order chi connectivity index (χ0) is 12.1. The van der Waals surface area contributed by atoms with E-state index >= 15 is 0 Å². The third-order valence-corrected chi connectivity index (χ3v) is 2.74. The molecule has 0 radical (unpaired) electrons. The Labute approximate surface area is 105 Å². The van der Waals surface area contributed by atoms with Crippen LogP contribution < -0.4 is 5.32 Å². The van der Waals surface area contributed by atoms with E-state index in [2.05, 4.69) is 15.5 Å². The fourth-order valence-corrected chi connectivity index (χ4v) is 1.83. The lowest BCUT2D eigenvalue weighted by atomic mass is 10.2. The molecule has 0 aliphatic rings. The molecule has 1 aromatic carbocycles. The number of nitrogens with one attached hydrogen (secondary N) is 1. The molecule has 0 aliphatic carbocycles. The summed E-state index contributed by atoms with van der Waals surface area (Å²) in [4.78, 5) is 0. The quantitative estimate of drug-likeness (QED) is 0.830. The van der Waals surface area contributed by atoms with Crippen LogP contribution >= 0.6 is 11.6 Å². The van der Waals surface area contributed by atoms with E-state index in [9.17, 15) is 0 Å². The molecule has 0 atom stereocenters. The Balaban J connectivity index is 2.20. The van der Waals surface area contributed by atoms with Crippen LogP contribution in [-0.4, -0.2) is 30.5 Å². The van der Waals surface area contributed by atoms with E-state index in [-0.39, 0.29) is 0 Å². The Morgan fingerprint density at radius 2 is 2.00 bits per heavy atom. The number of hydrogen-bond acceptors (Lipinski definition) is 4. The molecule has 5 heteroatoms. The average Bonchev–Trinajstić information content (AvgIpc) is 2.37. The number of rotatable bonds is 5. The van der Waals surface area contributed by atoms with Gasteiger partial charge in [-0.25, -0.2) is 0 Å². The Morgan fingerprint density at radius 1 is 1.24 bits per heavy atom. The molecule has 0 saturated heterocycles. The summed E-state index contributed by atoms with van der Waals surface area (Å²) in [6.07, 6.45) is 0.926. The van der Waals surface area contributed by atoms with Gasteiger partial charge >= 0.3 is 0 Å². The van der Waals surface area contributed by atoms with E-state index in [1.807, 2.05) is 24.3 Å². The number of ether oxygens (including phenoxy) is 1. The van der Waals surface area contributed by atoms with Gasteiger partial charge < -0.3 is 10.1 Å². The Morgan fingerprint density at radius 3 is 2.76 bits per heavy atom. The maximum absolute atomic E-state index is 5.99. The largest absolute Gasteiger partial charge is 0.385 e. The third-order valence-electron chi connectivity index (χ3n) is 2.46. The average molecular weight is 252 g/mol. The first-order valence-electron chi connectivity index (χ1n) is 5.46. The van der Waals surface area contributed by atoms with Crippen LogP contribution in [-0.2, 0) is 4.74 Å². The minimum absolute atomic E-state index is 0.433. The van der Waals surface area contributed by atoms with Crippen LogP contribution in [0.2, 0.25) is 5.15 Å². The van der Waals surface area contributed by atoms with E-state index in [4.69, 9.17) is 16.3 Å². The van der Waals surface area contributed by atoms with Crippen molar-refractivity contribution in [3.63, 3.8) is 0 Å². The van der Waals surface area contributed by atoms with Crippen molar-refractivity contribution in [1.29, 1.82) is 0 Å². The summed E-state index contributed by atoms with van der Waals surface area (Å²) >= 11 is 5.99. The number of methoxy groups -OCH3 is 1. The maximum Gasteiger partial charge on any atom is 0.159 e. The number of benzene rings is 1. The SMILES string of the molecule is COCCCNc1nnc(Cl)c2ccccc12. The van der Waals surface area contributed by atoms with Gasteiger partial charge in [0.1, 0.15) is 0 Å². The van der Waals surface area contributed by atoms with Crippen LogP contribution in [0, 0.1) is 0 Å². The van der Waals surface area contributed by atoms with E-state index < -0.39 is 0 Å². The molecule has 0 bridgehead atoms. The summed E-state index contributed by atoms with van der Waals surface area (Å²) in [5.74, 6) is 0.765. The molecular formula is C12H14ClN3O. The standard InChI is InChI=1S/C12H14ClN3O/c1-17-8-4-7-14-12-10-6-3-2-5-9(10)11(13)15-16-12/h2-3,5-6H,4,7-8H2,1H3,(H,14,16). The lowest BCUT2D eigenvalue weighted by Gasteiger charge is -2.08. The van der Waals surface area contributed by atoms with E-state index in [1.54, 1.807) is 7.11 Å². The number of fused-ring (bicyclic) bond motifs is 1. The number of aromatic nitrogens is 2. The van der Waals surface area contributed by atoms with Crippen molar-refractivity contribution in [2.45, 2.75) is 6.42 Å². The summed E-state index contributed by atoms with van der Waals surface area (Å²) in [6, 6.07) is 7.81. The molecule has 2 aromatic rings. The smallest absolute Gasteiger partial charge is 0.159 e. The Hall–Kier alpha value is -1.39. The van der Waals surface area contributed by atoms with Crippen molar-refractivity contribution in [3.8, 4) is 0 Å². The fourth-order valence-electron chi connectivity index (χ4n) is 1.63. The van der Waals surface area contributed by atoms with Crippen molar-refractivity contribution in [3.05, 3.63) is 29.4 Å². The molecule has 4 nitrogen and oxygen atoms in total. The molecule has 0 unspecified atom stereocenters. The van der Waals surface area contributed by atoms with Crippen LogP contribution in [0.15, 0.2) is 24.3 Å². The first kappa shape index (κ1) is 12.1. The predicted molar refractivity (Wildman–Crippen MR) is 69.5 cm³/mol. The van der Waals surface area contributed by atoms with Crippen molar-refractivity contribution < 1.29 is 4.74 Å². The van der Waals surface area contributed by atoms with Gasteiger partial charge in [-0.15, -0.1) is 10.2 Å². The summed E-state index contributed by atoms with van der Waals surface area (Å²) in [5, 5.41) is 13.6. The van der Waals surface area contributed by atoms with Gasteiger partial charge in [-0.05, 0) is 6.42 Å². The summed E-state index contributed by atoms with van der Waals surface area (Å²) in [5.41, 5.74) is 0. The lowest BCUT2D eigenvalue weighted by Crippen LogP contribution is -2.07. The number of anilines is 1. The predicted octanol–water partition coefficient (Wildman–Crippen LogP) is 2.73. The highest BCUT2D eigenvalue weighted by molar-refractivity contribution is 6.34. The highest BCUT2D eigenvalue weighted by atomic mass is 35.5. The second-order valence-electron chi connectivity index (χ2n) is 3.66. The van der Waals surface area contributed by atoms with Crippen LogP contribution in [0.3, 0.4) is 0 Å². The molecular weight excluding hydrogens is 238 g/mol. The monoisotopic (exact) mass is 251 g/mol. The van der Waals surface area contributed by atoms with Gasteiger partial charge in [-0.2, -0.15) is 0 Å². The van der Waals surface area contributed by atoms with E-state index in [0.717, 1.165) is 36.2 Å². The van der Waals surface area contributed by atoms with Crippen molar-refractivity contribution >= 4 is 28.2 Å². The molecule has 90 valence electrons. The highest BCUT2D eigenvalue weighted by Crippen LogP contribution is 2.25. The molecule has 0 fully saturated rings. The molecule has 17 heavy (non-hydrogen) atoms. The first-order valence-corrected chi connectivity index (χ1v) is 5.84. The van der Waals surface area contributed by atoms with Crippen molar-refractivity contribution in [2.24, 2.45) is 0 Å². The third kappa shape index (κ3) is 2.84. The molecule has 1 N–H and O–H groups in total. The van der Waals surface area contributed by atoms with Crippen LogP contribution in [0.1, 0.15) is 6.42 Å². The molecule has 0 saturated carbocycles. The second-order valence-corrected chi connectivity index (χ2v) is 4.02. The minimum Gasteiger partial charge on any atom is -0.385 e. The number of halogens is 1. The topological polar surface area (TPSA) is 47.0 Å². The Bertz CT molecular complexity index is 504. The maximum atomic E-state index is 5.99. The molecule has 0 amide bonds. The van der Waals surface area contributed by atoms with Crippen LogP contribution in [0.4, 0.5) is 5.82 Å². The van der Waals surface area contributed by atoms with Gasteiger partial charge in [0, 0.05) is 31.0 Å². The summed E-state index contributed by atoms with van der Waals surface area (Å²) in [7, 11) is 1.69. The minimum atomic E-state index is 0.433. The fraction of sp³-hybridized carbons (Fsp3) is 0.333. The zero-order valence-corrected chi connectivity index (χ0v) is 10.4. The molecule has 1 aromatic heterocycles. The summed E-state index contributed by atoms with van der Waals surface area (Å²) in [6.45, 7) is 1.53. The van der Waals surface area contributed by atoms with E-state index in [0.29, 0.717) is 5.15 Å². The van der Waals surface area contributed by atoms with Crippen molar-refractivity contribution in [2.75, 3.05) is 25.6 Å². The van der Waals surface area contributed by atoms with Gasteiger partial charge in [-0.3, -0.25) is 0 Å². The lowest BCUT2D eigenvalue weighted by molar-refractivity contribution is 0.198. The van der Waals surface area contributed by atoms with Gasteiger partial charge in [0.15, 0.2) is 11.0 Å². The number of hydrogen-bond donors (Lipinski definition) is 1. The highest BCUT2D eigenvalue weighted by Gasteiger charge is 2.06. The van der Waals surface area contributed by atoms with Crippen LogP contribution in [0.5, 0.6) is 0 Å². The van der Waals surface area contributed by atoms with Gasteiger partial charge in [0.25, 0.3) is 0 Å². The molecule has 2 rings (SSSR count). The second kappa shape index (κ2) is 5.80. The molecule has 0 spiro atoms.